The van der Waals surface area contributed by atoms with Gasteiger partial charge in [-0.05, 0) is 52.2 Å². The number of anilines is 1. The second-order valence-electron chi connectivity index (χ2n) is 7.09. The van der Waals surface area contributed by atoms with Crippen LogP contribution in [0, 0.1) is 0 Å². The van der Waals surface area contributed by atoms with Gasteiger partial charge < -0.3 is 9.84 Å². The average Bonchev–Trinajstić information content (AvgIpc) is 2.42. The van der Waals surface area contributed by atoms with Gasteiger partial charge in [-0.25, -0.2) is 13.2 Å². The number of carbonyl (C=O) groups is 2. The van der Waals surface area contributed by atoms with Crippen LogP contribution in [0.1, 0.15) is 39.7 Å². The van der Waals surface area contributed by atoms with Gasteiger partial charge in [-0.2, -0.15) is 0 Å². The number of carbonyl (C=O) groups excluding carboxylic acids is 1. The molecule has 1 aromatic carbocycles. The van der Waals surface area contributed by atoms with Gasteiger partial charge in [0.15, 0.2) is 14.6 Å². The van der Waals surface area contributed by atoms with E-state index in [1.165, 1.54) is 6.92 Å². The lowest BCUT2D eigenvalue weighted by molar-refractivity contribution is -0.139. The second kappa shape index (κ2) is 7.43. The van der Waals surface area contributed by atoms with E-state index in [1.807, 2.05) is 0 Å². The number of nitrogens with one attached hydrogen (secondary N) is 1. The molecule has 0 bridgehead atoms. The third-order valence-corrected chi connectivity index (χ3v) is 5.81. The van der Waals surface area contributed by atoms with Crippen LogP contribution in [0.5, 0.6) is 0 Å². The van der Waals surface area contributed by atoms with E-state index in [0.717, 1.165) is 6.26 Å². The fourth-order valence-corrected chi connectivity index (χ4v) is 2.89. The van der Waals surface area contributed by atoms with E-state index in [0.29, 0.717) is 11.3 Å². The van der Waals surface area contributed by atoms with Crippen LogP contribution in [-0.4, -0.2) is 42.2 Å². The van der Waals surface area contributed by atoms with Crippen LogP contribution < -0.4 is 5.32 Å². The Labute approximate surface area is 148 Å². The molecule has 140 valence electrons. The number of sulfone groups is 1. The van der Waals surface area contributed by atoms with Crippen molar-refractivity contribution in [2.24, 2.45) is 0 Å². The molecule has 1 atom stereocenters. The van der Waals surface area contributed by atoms with Gasteiger partial charge in [0.1, 0.15) is 5.60 Å². The Bertz CT molecular complexity index is 751. The largest absolute Gasteiger partial charge is 0.480 e. The first-order valence-corrected chi connectivity index (χ1v) is 9.66. The predicted molar refractivity (Wildman–Crippen MR) is 95.5 cm³/mol. The van der Waals surface area contributed by atoms with Crippen molar-refractivity contribution in [1.82, 2.24) is 0 Å². The Balaban J connectivity index is 2.98. The molecule has 0 aliphatic heterocycles. The number of aryl methyl sites for hydroxylation is 1. The molecule has 8 heteroatoms. The summed E-state index contributed by atoms with van der Waals surface area (Å²) in [6, 6.07) is 6.80. The molecule has 0 fully saturated rings. The summed E-state index contributed by atoms with van der Waals surface area (Å²) in [5.41, 5.74) is 0.430. The van der Waals surface area contributed by atoms with Crippen molar-refractivity contribution in [3.05, 3.63) is 29.8 Å². The highest BCUT2D eigenvalue weighted by atomic mass is 32.2. The van der Waals surface area contributed by atoms with Gasteiger partial charge >= 0.3 is 12.1 Å². The third kappa shape index (κ3) is 5.74. The summed E-state index contributed by atoms with van der Waals surface area (Å²) < 4.78 is 27.0. The molecule has 1 unspecified atom stereocenters. The van der Waals surface area contributed by atoms with Gasteiger partial charge in [0.2, 0.25) is 0 Å². The Morgan fingerprint density at radius 3 is 2.20 bits per heavy atom. The number of amides is 1. The van der Waals surface area contributed by atoms with Crippen molar-refractivity contribution >= 4 is 27.6 Å². The highest BCUT2D eigenvalue weighted by Crippen LogP contribution is 2.26. The van der Waals surface area contributed by atoms with Crippen LogP contribution in [0.4, 0.5) is 10.5 Å². The number of carboxylic acids is 1. The molecule has 0 aliphatic rings. The van der Waals surface area contributed by atoms with Crippen molar-refractivity contribution in [2.45, 2.75) is 50.9 Å². The number of benzene rings is 1. The summed E-state index contributed by atoms with van der Waals surface area (Å²) in [7, 11) is -3.81. The summed E-state index contributed by atoms with van der Waals surface area (Å²) in [4.78, 5) is 23.4. The van der Waals surface area contributed by atoms with E-state index in [-0.39, 0.29) is 12.8 Å². The molecular formula is C17H25NO6S. The van der Waals surface area contributed by atoms with Gasteiger partial charge in [0.25, 0.3) is 0 Å². The lowest BCUT2D eigenvalue weighted by Crippen LogP contribution is -2.43. The van der Waals surface area contributed by atoms with Crippen molar-refractivity contribution < 1.29 is 27.9 Å². The van der Waals surface area contributed by atoms with Crippen molar-refractivity contribution in [3.63, 3.8) is 0 Å². The molecule has 0 heterocycles. The monoisotopic (exact) mass is 371 g/mol. The van der Waals surface area contributed by atoms with Gasteiger partial charge in [0.05, 0.1) is 0 Å². The minimum absolute atomic E-state index is 0.117. The third-order valence-electron chi connectivity index (χ3n) is 3.80. The van der Waals surface area contributed by atoms with E-state index in [2.05, 4.69) is 5.32 Å². The Kier molecular flexibility index (Phi) is 6.23. The zero-order valence-electron chi connectivity index (χ0n) is 15.1. The normalized spacial score (nSPS) is 14.4. The molecule has 1 rings (SSSR count). The second-order valence-corrected chi connectivity index (χ2v) is 9.54. The smallest absolute Gasteiger partial charge is 0.412 e. The zero-order chi connectivity index (χ0) is 19.5. The topological polar surface area (TPSA) is 110 Å². The molecule has 2 N–H and O–H groups in total. The van der Waals surface area contributed by atoms with Crippen LogP contribution in [0.25, 0.3) is 0 Å². The molecule has 0 radical (unpaired) electrons. The number of aliphatic carboxylic acids is 1. The first-order valence-electron chi connectivity index (χ1n) is 7.77. The van der Waals surface area contributed by atoms with Crippen LogP contribution >= 0.6 is 0 Å². The van der Waals surface area contributed by atoms with Gasteiger partial charge in [-0.1, -0.05) is 18.2 Å². The van der Waals surface area contributed by atoms with Gasteiger partial charge in [-0.3, -0.25) is 10.1 Å². The van der Waals surface area contributed by atoms with E-state index in [4.69, 9.17) is 4.74 Å². The highest BCUT2D eigenvalue weighted by Gasteiger charge is 2.43. The van der Waals surface area contributed by atoms with Crippen LogP contribution in [-0.2, 0) is 25.8 Å². The fourth-order valence-electron chi connectivity index (χ4n) is 2.10. The molecule has 25 heavy (non-hydrogen) atoms. The van der Waals surface area contributed by atoms with Crippen LogP contribution in [0.3, 0.4) is 0 Å². The first-order chi connectivity index (χ1) is 11.3. The summed E-state index contributed by atoms with van der Waals surface area (Å²) >= 11 is 0. The standard InChI is InChI=1S/C17H25NO6S/c1-16(2,3)24-15(21)18-13-9-7-6-8-12(13)10-11-17(4,14(19)20)25(5,22)23/h6-9H,10-11H2,1-5H3,(H,18,21)(H,19,20). The maximum absolute atomic E-state index is 11.9. The molecule has 1 amide bonds. The predicted octanol–water partition coefficient (Wildman–Crippen LogP) is 2.85. The summed E-state index contributed by atoms with van der Waals surface area (Å²) in [5.74, 6) is -1.40. The Hall–Kier alpha value is -2.09. The minimum atomic E-state index is -3.81. The number of para-hydroxylation sites is 1. The van der Waals surface area contributed by atoms with Crippen LogP contribution in [0.15, 0.2) is 24.3 Å². The minimum Gasteiger partial charge on any atom is -0.480 e. The number of rotatable bonds is 6. The SMILES string of the molecule is CC(C)(C)OC(=O)Nc1ccccc1CCC(C)(C(=O)O)S(C)(=O)=O. The highest BCUT2D eigenvalue weighted by molar-refractivity contribution is 7.92. The van der Waals surface area contributed by atoms with Crippen molar-refractivity contribution in [3.8, 4) is 0 Å². The zero-order valence-corrected chi connectivity index (χ0v) is 15.9. The van der Waals surface area contributed by atoms with Gasteiger partial charge in [-0.15, -0.1) is 0 Å². The molecule has 7 nitrogen and oxygen atoms in total. The van der Waals surface area contributed by atoms with Gasteiger partial charge in [0, 0.05) is 11.9 Å². The number of hydrogen-bond acceptors (Lipinski definition) is 5. The summed E-state index contributed by atoms with van der Waals surface area (Å²) in [6.45, 7) is 6.41. The molecule has 0 aliphatic carbocycles. The molecular weight excluding hydrogens is 346 g/mol. The Morgan fingerprint density at radius 2 is 1.72 bits per heavy atom. The fraction of sp³-hybridized carbons (Fsp3) is 0.529. The Morgan fingerprint density at radius 1 is 1.16 bits per heavy atom. The van der Waals surface area contributed by atoms with Crippen molar-refractivity contribution in [1.29, 1.82) is 0 Å². The summed E-state index contributed by atoms with van der Waals surface area (Å²) in [5, 5.41) is 11.9. The average molecular weight is 371 g/mol. The number of carboxylic acid groups (broad SMARTS) is 1. The van der Waals surface area contributed by atoms with E-state index >= 15 is 0 Å². The lowest BCUT2D eigenvalue weighted by Gasteiger charge is -2.23. The number of hydrogen-bond donors (Lipinski definition) is 2. The maximum Gasteiger partial charge on any atom is 0.412 e. The number of ether oxygens (including phenoxy) is 1. The maximum atomic E-state index is 11.9. The van der Waals surface area contributed by atoms with Crippen LogP contribution in [0.2, 0.25) is 0 Å². The quantitative estimate of drug-likeness (QED) is 0.796. The first kappa shape index (κ1) is 21.0. The van der Waals surface area contributed by atoms with E-state index in [1.54, 1.807) is 45.0 Å². The van der Waals surface area contributed by atoms with E-state index in [9.17, 15) is 23.1 Å². The molecule has 0 saturated heterocycles. The molecule has 0 aromatic heterocycles. The van der Waals surface area contributed by atoms with Crippen molar-refractivity contribution in [2.75, 3.05) is 11.6 Å². The molecule has 0 saturated carbocycles. The molecule has 1 aromatic rings. The molecule has 0 spiro atoms. The summed E-state index contributed by atoms with van der Waals surface area (Å²) in [6.07, 6.45) is 0.325. The lowest BCUT2D eigenvalue weighted by atomic mass is 9.99. The van der Waals surface area contributed by atoms with E-state index < -0.39 is 32.2 Å².